The Morgan fingerprint density at radius 2 is 1.58 bits per heavy atom. The Hall–Kier alpha value is -2.02. The van der Waals surface area contributed by atoms with E-state index < -0.39 is 26.0 Å². The first-order valence-corrected chi connectivity index (χ1v) is 13.6. The molecule has 1 amide bonds. The molecule has 180 valence electrons. The average Bonchev–Trinajstić information content (AvgIpc) is 2.80. The van der Waals surface area contributed by atoms with Crippen molar-refractivity contribution in [2.45, 2.75) is 23.1 Å². The fraction of sp³-hybridized carbons (Fsp3) is 0.381. The zero-order valence-corrected chi connectivity index (χ0v) is 20.5. The number of amides is 1. The molecule has 2 aromatic rings. The maximum Gasteiger partial charge on any atom is 0.243 e. The molecule has 0 unspecified atom stereocenters. The highest BCUT2D eigenvalue weighted by Gasteiger charge is 2.27. The third-order valence-electron chi connectivity index (χ3n) is 4.99. The first-order valence-electron chi connectivity index (χ1n) is 10.4. The van der Waals surface area contributed by atoms with Gasteiger partial charge in [-0.05, 0) is 55.0 Å². The van der Waals surface area contributed by atoms with E-state index in [1.165, 1.54) is 52.8 Å². The summed E-state index contributed by atoms with van der Waals surface area (Å²) in [7, 11) is -7.53. The van der Waals surface area contributed by atoms with Crippen molar-refractivity contribution < 1.29 is 26.4 Å². The Kier molecular flexibility index (Phi) is 8.48. The summed E-state index contributed by atoms with van der Waals surface area (Å²) in [6.07, 6.45) is 0.522. The number of carbonyl (C=O) groups is 1. The molecule has 0 atom stereocenters. The number of benzene rings is 2. The van der Waals surface area contributed by atoms with Gasteiger partial charge in [-0.3, -0.25) is 4.79 Å². The van der Waals surface area contributed by atoms with E-state index in [1.54, 1.807) is 0 Å². The number of morpholine rings is 1. The lowest BCUT2D eigenvalue weighted by Crippen LogP contribution is -2.40. The van der Waals surface area contributed by atoms with E-state index in [0.717, 1.165) is 4.31 Å². The molecule has 0 radical (unpaired) electrons. The number of anilines is 1. The topological polar surface area (TPSA) is 113 Å². The minimum Gasteiger partial charge on any atom is -0.379 e. The Labute approximate surface area is 199 Å². The Morgan fingerprint density at radius 1 is 1.00 bits per heavy atom. The van der Waals surface area contributed by atoms with E-state index in [-0.39, 0.29) is 36.0 Å². The number of carbonyl (C=O) groups excluding carboxylic acids is 1. The van der Waals surface area contributed by atoms with Gasteiger partial charge in [-0.25, -0.2) is 16.8 Å². The van der Waals surface area contributed by atoms with Crippen LogP contribution in [0.4, 0.5) is 5.69 Å². The molecule has 9 nitrogen and oxygen atoms in total. The second kappa shape index (κ2) is 10.9. The molecule has 2 aromatic carbocycles. The summed E-state index contributed by atoms with van der Waals surface area (Å²) in [6, 6.07) is 11.5. The second-order valence-corrected chi connectivity index (χ2v) is 11.7. The normalized spacial score (nSPS) is 15.5. The van der Waals surface area contributed by atoms with Crippen molar-refractivity contribution in [1.29, 1.82) is 0 Å². The maximum absolute atomic E-state index is 12.9. The van der Waals surface area contributed by atoms with Crippen LogP contribution in [0.15, 0.2) is 58.3 Å². The molecule has 12 heteroatoms. The van der Waals surface area contributed by atoms with E-state index in [0.29, 0.717) is 30.3 Å². The molecule has 0 spiro atoms. The maximum atomic E-state index is 12.9. The number of halogens is 1. The van der Waals surface area contributed by atoms with Crippen LogP contribution in [-0.2, 0) is 29.6 Å². The van der Waals surface area contributed by atoms with Gasteiger partial charge in [0, 0.05) is 30.3 Å². The Balaban J connectivity index is 1.69. The standard InChI is InChI=1S/C21H26ClN3O6S2/c1-2-11-25(33(29,30)19-7-3-17(22)4-8-19)16-21(26)23-18-5-9-20(10-6-18)32(27,28)24-12-14-31-15-13-24/h3-10H,2,11-16H2,1H3,(H,23,26). The summed E-state index contributed by atoms with van der Waals surface area (Å²) < 4.78 is 59.0. The molecule has 1 heterocycles. The van der Waals surface area contributed by atoms with Crippen LogP contribution >= 0.6 is 11.6 Å². The number of hydrogen-bond donors (Lipinski definition) is 1. The van der Waals surface area contributed by atoms with Gasteiger partial charge < -0.3 is 10.1 Å². The predicted octanol–water partition coefficient (Wildman–Crippen LogP) is 2.40. The monoisotopic (exact) mass is 515 g/mol. The van der Waals surface area contributed by atoms with E-state index in [9.17, 15) is 21.6 Å². The van der Waals surface area contributed by atoms with Gasteiger partial charge in [-0.1, -0.05) is 18.5 Å². The van der Waals surface area contributed by atoms with Crippen LogP contribution in [-0.4, -0.2) is 70.7 Å². The van der Waals surface area contributed by atoms with Gasteiger partial charge in [0.25, 0.3) is 0 Å². The van der Waals surface area contributed by atoms with Crippen LogP contribution in [0.25, 0.3) is 0 Å². The number of rotatable bonds is 9. The van der Waals surface area contributed by atoms with Crippen LogP contribution in [0.2, 0.25) is 5.02 Å². The molecule has 1 saturated heterocycles. The summed E-state index contributed by atoms with van der Waals surface area (Å²) in [5.74, 6) is -0.537. The summed E-state index contributed by atoms with van der Waals surface area (Å²) in [5.41, 5.74) is 0.362. The second-order valence-electron chi connectivity index (χ2n) is 7.38. The van der Waals surface area contributed by atoms with Crippen molar-refractivity contribution in [3.63, 3.8) is 0 Å². The van der Waals surface area contributed by atoms with Gasteiger partial charge in [0.05, 0.1) is 29.5 Å². The Morgan fingerprint density at radius 3 is 2.15 bits per heavy atom. The van der Waals surface area contributed by atoms with Gasteiger partial charge in [0.15, 0.2) is 0 Å². The first-order chi connectivity index (χ1) is 15.6. The van der Waals surface area contributed by atoms with Crippen molar-refractivity contribution in [3.05, 3.63) is 53.6 Å². The van der Waals surface area contributed by atoms with Crippen LogP contribution in [0.3, 0.4) is 0 Å². The molecule has 0 saturated carbocycles. The van der Waals surface area contributed by atoms with E-state index in [2.05, 4.69) is 5.32 Å². The summed E-state index contributed by atoms with van der Waals surface area (Å²) in [5, 5.41) is 3.04. The molecule has 1 aliphatic heterocycles. The van der Waals surface area contributed by atoms with Crippen LogP contribution in [0, 0.1) is 0 Å². The Bertz CT molecular complexity index is 1160. The summed E-state index contributed by atoms with van der Waals surface area (Å²) in [4.78, 5) is 12.7. The van der Waals surface area contributed by atoms with Crippen molar-refractivity contribution in [1.82, 2.24) is 8.61 Å². The molecule has 1 N–H and O–H groups in total. The smallest absolute Gasteiger partial charge is 0.243 e. The minimum absolute atomic E-state index is 0.0471. The van der Waals surface area contributed by atoms with Gasteiger partial charge in [-0.15, -0.1) is 0 Å². The van der Waals surface area contributed by atoms with E-state index >= 15 is 0 Å². The van der Waals surface area contributed by atoms with Gasteiger partial charge in [0.2, 0.25) is 26.0 Å². The van der Waals surface area contributed by atoms with Gasteiger partial charge in [0.1, 0.15) is 0 Å². The third kappa shape index (κ3) is 6.31. The third-order valence-corrected chi connectivity index (χ3v) is 9.01. The number of nitrogens with one attached hydrogen (secondary N) is 1. The van der Waals surface area contributed by atoms with Crippen LogP contribution in [0.5, 0.6) is 0 Å². The van der Waals surface area contributed by atoms with Crippen molar-refractivity contribution in [2.24, 2.45) is 0 Å². The van der Waals surface area contributed by atoms with Crippen molar-refractivity contribution in [2.75, 3.05) is 44.7 Å². The number of sulfonamides is 2. The summed E-state index contributed by atoms with van der Waals surface area (Å²) in [6.45, 7) is 2.87. The lowest BCUT2D eigenvalue weighted by Gasteiger charge is -2.26. The molecule has 33 heavy (non-hydrogen) atoms. The molecular formula is C21H26ClN3O6S2. The first kappa shape index (κ1) is 25.6. The van der Waals surface area contributed by atoms with Gasteiger partial charge in [-0.2, -0.15) is 8.61 Å². The molecular weight excluding hydrogens is 490 g/mol. The van der Waals surface area contributed by atoms with E-state index in [1.807, 2.05) is 6.92 Å². The fourth-order valence-corrected chi connectivity index (χ4v) is 6.32. The van der Waals surface area contributed by atoms with Crippen LogP contribution < -0.4 is 5.32 Å². The van der Waals surface area contributed by atoms with Gasteiger partial charge >= 0.3 is 0 Å². The zero-order chi connectivity index (χ0) is 24.1. The minimum atomic E-state index is -3.89. The number of nitrogens with zero attached hydrogens (tertiary/aromatic N) is 2. The number of hydrogen-bond acceptors (Lipinski definition) is 6. The molecule has 3 rings (SSSR count). The quantitative estimate of drug-likeness (QED) is 0.548. The highest BCUT2D eigenvalue weighted by atomic mass is 35.5. The molecule has 0 bridgehead atoms. The fourth-order valence-electron chi connectivity index (χ4n) is 3.30. The molecule has 1 aliphatic rings. The molecule has 0 aliphatic carbocycles. The highest BCUT2D eigenvalue weighted by Crippen LogP contribution is 2.21. The van der Waals surface area contributed by atoms with E-state index in [4.69, 9.17) is 16.3 Å². The largest absolute Gasteiger partial charge is 0.379 e. The molecule has 0 aromatic heterocycles. The predicted molar refractivity (Wildman–Crippen MR) is 125 cm³/mol. The molecule has 1 fully saturated rings. The zero-order valence-electron chi connectivity index (χ0n) is 18.1. The lowest BCUT2D eigenvalue weighted by molar-refractivity contribution is -0.116. The SMILES string of the molecule is CCCN(CC(=O)Nc1ccc(S(=O)(=O)N2CCOCC2)cc1)S(=O)(=O)c1ccc(Cl)cc1. The lowest BCUT2D eigenvalue weighted by atomic mass is 10.3. The van der Waals surface area contributed by atoms with Crippen LogP contribution in [0.1, 0.15) is 13.3 Å². The number of ether oxygens (including phenoxy) is 1. The highest BCUT2D eigenvalue weighted by molar-refractivity contribution is 7.89. The average molecular weight is 516 g/mol. The van der Waals surface area contributed by atoms with Crippen molar-refractivity contribution >= 4 is 43.2 Å². The summed E-state index contributed by atoms with van der Waals surface area (Å²) >= 11 is 5.84. The van der Waals surface area contributed by atoms with Crippen molar-refractivity contribution in [3.8, 4) is 0 Å².